The quantitative estimate of drug-likeness (QED) is 0.929. The first-order valence-electron chi connectivity index (χ1n) is 6.34. The van der Waals surface area contributed by atoms with Gasteiger partial charge in [0.15, 0.2) is 0 Å². The van der Waals surface area contributed by atoms with Crippen molar-refractivity contribution >= 4 is 17.0 Å². The van der Waals surface area contributed by atoms with Crippen LogP contribution in [-0.2, 0) is 6.42 Å². The lowest BCUT2D eigenvalue weighted by Gasteiger charge is -2.28. The van der Waals surface area contributed by atoms with Crippen LogP contribution in [0.5, 0.6) is 11.5 Å². The Hall–Kier alpha value is -1.68. The second-order valence-electron chi connectivity index (χ2n) is 4.62. The molecule has 0 spiro atoms. The van der Waals surface area contributed by atoms with Crippen LogP contribution in [0, 0.1) is 0 Å². The highest BCUT2D eigenvalue weighted by atomic mass is 32.1. The van der Waals surface area contributed by atoms with Gasteiger partial charge in [-0.1, -0.05) is 6.07 Å². The van der Waals surface area contributed by atoms with Gasteiger partial charge in [-0.3, -0.25) is 0 Å². The van der Waals surface area contributed by atoms with Gasteiger partial charge in [0.2, 0.25) is 0 Å². The van der Waals surface area contributed by atoms with E-state index in [9.17, 15) is 0 Å². The topological polar surface area (TPSA) is 30.5 Å². The largest absolute Gasteiger partial charge is 0.496 e. The first kappa shape index (κ1) is 12.4. The molecule has 0 aliphatic carbocycles. The van der Waals surface area contributed by atoms with Crippen molar-refractivity contribution in [3.05, 3.63) is 40.1 Å². The van der Waals surface area contributed by atoms with E-state index in [4.69, 9.17) is 9.47 Å². The van der Waals surface area contributed by atoms with Gasteiger partial charge < -0.3 is 14.8 Å². The highest BCUT2D eigenvalue weighted by Crippen LogP contribution is 2.42. The van der Waals surface area contributed by atoms with E-state index >= 15 is 0 Å². The molecule has 0 radical (unpaired) electrons. The number of hydrogen-bond acceptors (Lipinski definition) is 4. The molecule has 0 saturated carbocycles. The summed E-state index contributed by atoms with van der Waals surface area (Å²) in [5, 5.41) is 5.63. The third-order valence-corrected chi connectivity index (χ3v) is 4.63. The number of thiophene rings is 1. The number of fused-ring (bicyclic) bond motifs is 1. The molecule has 0 saturated heterocycles. The third kappa shape index (κ3) is 2.16. The van der Waals surface area contributed by atoms with Crippen molar-refractivity contribution in [2.75, 3.05) is 26.1 Å². The van der Waals surface area contributed by atoms with Crippen molar-refractivity contribution in [1.29, 1.82) is 0 Å². The van der Waals surface area contributed by atoms with E-state index in [1.54, 1.807) is 14.2 Å². The lowest BCUT2D eigenvalue weighted by Crippen LogP contribution is -2.22. The average Bonchev–Trinajstić information content (AvgIpc) is 2.99. The molecule has 1 unspecified atom stereocenters. The van der Waals surface area contributed by atoms with Crippen molar-refractivity contribution in [1.82, 2.24) is 0 Å². The lowest BCUT2D eigenvalue weighted by atomic mass is 9.91. The molecule has 1 aliphatic rings. The summed E-state index contributed by atoms with van der Waals surface area (Å²) < 4.78 is 10.9. The van der Waals surface area contributed by atoms with Crippen LogP contribution in [-0.4, -0.2) is 20.8 Å². The summed E-state index contributed by atoms with van der Waals surface area (Å²) >= 11 is 1.82. The molecule has 0 amide bonds. The number of rotatable bonds is 3. The van der Waals surface area contributed by atoms with E-state index in [2.05, 4.69) is 22.8 Å². The number of methoxy groups -OCH3 is 2. The van der Waals surface area contributed by atoms with E-state index in [1.807, 2.05) is 23.5 Å². The maximum absolute atomic E-state index is 5.49. The molecule has 1 aromatic heterocycles. The fraction of sp³-hybridized carbons (Fsp3) is 0.333. The predicted molar refractivity (Wildman–Crippen MR) is 78.8 cm³/mol. The second kappa shape index (κ2) is 5.13. The van der Waals surface area contributed by atoms with Gasteiger partial charge in [-0.15, -0.1) is 11.3 Å². The average molecular weight is 275 g/mol. The minimum atomic E-state index is 0.508. The summed E-state index contributed by atoms with van der Waals surface area (Å²) in [4.78, 5) is 1.42. The van der Waals surface area contributed by atoms with Gasteiger partial charge in [-0.05, 0) is 30.0 Å². The molecule has 3 rings (SSSR count). The monoisotopic (exact) mass is 275 g/mol. The molecule has 1 atom stereocenters. The molecular formula is C15H17NO2S. The van der Waals surface area contributed by atoms with Crippen molar-refractivity contribution < 1.29 is 9.47 Å². The number of hydrogen-bond donors (Lipinski definition) is 1. The standard InChI is InChI=1S/C15H17NO2S/c1-17-12-5-6-13(18-2)15-11(12)8-10(9-16-15)14-4-3-7-19-14/h3-7,10,16H,8-9H2,1-2H3. The Balaban J connectivity index is 1.99. The van der Waals surface area contributed by atoms with E-state index in [-0.39, 0.29) is 0 Å². The van der Waals surface area contributed by atoms with E-state index < -0.39 is 0 Å². The van der Waals surface area contributed by atoms with Crippen LogP contribution in [0.4, 0.5) is 5.69 Å². The van der Waals surface area contributed by atoms with Gasteiger partial charge in [0.05, 0.1) is 19.9 Å². The van der Waals surface area contributed by atoms with Gasteiger partial charge in [0.1, 0.15) is 11.5 Å². The lowest BCUT2D eigenvalue weighted by molar-refractivity contribution is 0.397. The normalized spacial score (nSPS) is 17.5. The fourth-order valence-electron chi connectivity index (χ4n) is 2.63. The molecule has 1 aliphatic heterocycles. The molecule has 2 heterocycles. The third-order valence-electron chi connectivity index (χ3n) is 3.59. The zero-order valence-corrected chi connectivity index (χ0v) is 11.9. The molecule has 3 nitrogen and oxygen atoms in total. The minimum Gasteiger partial charge on any atom is -0.496 e. The Morgan fingerprint density at radius 1 is 1.16 bits per heavy atom. The van der Waals surface area contributed by atoms with Crippen LogP contribution >= 0.6 is 11.3 Å². The van der Waals surface area contributed by atoms with Crippen molar-refractivity contribution in [3.8, 4) is 11.5 Å². The van der Waals surface area contributed by atoms with Crippen LogP contribution in [0.15, 0.2) is 29.6 Å². The second-order valence-corrected chi connectivity index (χ2v) is 5.60. The minimum absolute atomic E-state index is 0.508. The molecule has 0 bridgehead atoms. The number of benzene rings is 1. The summed E-state index contributed by atoms with van der Waals surface area (Å²) in [7, 11) is 3.42. The smallest absolute Gasteiger partial charge is 0.142 e. The Bertz CT molecular complexity index is 566. The Morgan fingerprint density at radius 3 is 2.63 bits per heavy atom. The first-order valence-corrected chi connectivity index (χ1v) is 7.22. The van der Waals surface area contributed by atoms with Gasteiger partial charge in [-0.25, -0.2) is 0 Å². The summed E-state index contributed by atoms with van der Waals surface area (Å²) in [6.07, 6.45) is 0.989. The molecule has 2 aromatic rings. The zero-order valence-electron chi connectivity index (χ0n) is 11.1. The number of nitrogens with one attached hydrogen (secondary N) is 1. The molecule has 19 heavy (non-hydrogen) atoms. The van der Waals surface area contributed by atoms with E-state index in [1.165, 1.54) is 10.4 Å². The van der Waals surface area contributed by atoms with Crippen LogP contribution in [0.3, 0.4) is 0 Å². The van der Waals surface area contributed by atoms with Gasteiger partial charge >= 0.3 is 0 Å². The van der Waals surface area contributed by atoms with Crippen LogP contribution in [0.25, 0.3) is 0 Å². The predicted octanol–water partition coefficient (Wildman–Crippen LogP) is 3.52. The molecule has 0 fully saturated rings. The maximum atomic E-state index is 5.49. The Labute approximate surface area is 117 Å². The molecule has 1 aromatic carbocycles. The van der Waals surface area contributed by atoms with E-state index in [0.29, 0.717) is 5.92 Å². The Kier molecular flexibility index (Phi) is 3.34. The van der Waals surface area contributed by atoms with E-state index in [0.717, 1.165) is 30.2 Å². The zero-order chi connectivity index (χ0) is 13.2. The summed E-state index contributed by atoms with van der Waals surface area (Å²) in [5.74, 6) is 2.33. The summed E-state index contributed by atoms with van der Waals surface area (Å²) in [5.41, 5.74) is 2.29. The number of anilines is 1. The number of ether oxygens (including phenoxy) is 2. The first-order chi connectivity index (χ1) is 9.33. The fourth-order valence-corrected chi connectivity index (χ4v) is 3.46. The van der Waals surface area contributed by atoms with Crippen molar-refractivity contribution in [2.24, 2.45) is 0 Å². The SMILES string of the molecule is COc1ccc(OC)c2c1CC(c1cccs1)CN2. The van der Waals surface area contributed by atoms with Gasteiger partial charge in [-0.2, -0.15) is 0 Å². The summed E-state index contributed by atoms with van der Waals surface area (Å²) in [6, 6.07) is 8.25. The van der Waals surface area contributed by atoms with Gasteiger partial charge in [0.25, 0.3) is 0 Å². The summed E-state index contributed by atoms with van der Waals surface area (Å²) in [6.45, 7) is 0.942. The highest BCUT2D eigenvalue weighted by molar-refractivity contribution is 7.10. The van der Waals surface area contributed by atoms with Crippen molar-refractivity contribution in [3.63, 3.8) is 0 Å². The Morgan fingerprint density at radius 2 is 1.95 bits per heavy atom. The highest BCUT2D eigenvalue weighted by Gasteiger charge is 2.25. The van der Waals surface area contributed by atoms with Crippen LogP contribution in [0.1, 0.15) is 16.4 Å². The van der Waals surface area contributed by atoms with Gasteiger partial charge in [0, 0.05) is 22.9 Å². The molecular weight excluding hydrogens is 258 g/mol. The van der Waals surface area contributed by atoms with Crippen LogP contribution in [0.2, 0.25) is 0 Å². The molecule has 100 valence electrons. The van der Waals surface area contributed by atoms with Crippen molar-refractivity contribution in [2.45, 2.75) is 12.3 Å². The van der Waals surface area contributed by atoms with Crippen LogP contribution < -0.4 is 14.8 Å². The maximum Gasteiger partial charge on any atom is 0.142 e. The molecule has 4 heteroatoms. The molecule has 1 N–H and O–H groups in total.